The molecule has 0 aliphatic carbocycles. The third-order valence-corrected chi connectivity index (χ3v) is 4.02. The molecular formula is C17H15ClN2O. The van der Waals surface area contributed by atoms with Gasteiger partial charge in [0.05, 0.1) is 10.6 Å². The van der Waals surface area contributed by atoms with Crippen LogP contribution in [0.2, 0.25) is 5.02 Å². The number of nitrogens with two attached hydrogens (primary N) is 1. The van der Waals surface area contributed by atoms with Crippen LogP contribution in [0.4, 0.5) is 5.69 Å². The maximum absolute atomic E-state index is 12.8. The molecule has 0 aliphatic heterocycles. The molecule has 1 heterocycles. The number of aryl methyl sites for hydroxylation is 1. The summed E-state index contributed by atoms with van der Waals surface area (Å²) in [6.45, 7) is 2.09. The molecule has 3 nitrogen and oxygen atoms in total. The first kappa shape index (κ1) is 13.7. The molecular weight excluding hydrogens is 284 g/mol. The SMILES string of the molecule is CCc1cccc2c(C(=O)c3c(N)cccc3Cl)c[nH]c12. The van der Waals surface area contributed by atoms with Crippen LogP contribution in [0.3, 0.4) is 0 Å². The van der Waals surface area contributed by atoms with Gasteiger partial charge in [-0.2, -0.15) is 0 Å². The van der Waals surface area contributed by atoms with Gasteiger partial charge in [0.25, 0.3) is 0 Å². The van der Waals surface area contributed by atoms with Crippen molar-refractivity contribution in [1.82, 2.24) is 4.98 Å². The maximum Gasteiger partial charge on any atom is 0.198 e. The summed E-state index contributed by atoms with van der Waals surface area (Å²) in [6, 6.07) is 11.0. The van der Waals surface area contributed by atoms with Crippen molar-refractivity contribution in [2.75, 3.05) is 5.73 Å². The molecule has 3 rings (SSSR count). The van der Waals surface area contributed by atoms with E-state index in [1.54, 1.807) is 24.4 Å². The topological polar surface area (TPSA) is 58.9 Å². The number of nitrogens with one attached hydrogen (secondary N) is 1. The van der Waals surface area contributed by atoms with Crippen molar-refractivity contribution in [2.45, 2.75) is 13.3 Å². The third kappa shape index (κ3) is 2.20. The van der Waals surface area contributed by atoms with Crippen LogP contribution < -0.4 is 5.73 Å². The van der Waals surface area contributed by atoms with E-state index >= 15 is 0 Å². The lowest BCUT2D eigenvalue weighted by Gasteiger charge is -2.06. The molecule has 21 heavy (non-hydrogen) atoms. The second-order valence-corrected chi connectivity index (χ2v) is 5.34. The first-order chi connectivity index (χ1) is 10.1. The molecule has 0 fully saturated rings. The summed E-state index contributed by atoms with van der Waals surface area (Å²) < 4.78 is 0. The van der Waals surface area contributed by atoms with E-state index in [0.29, 0.717) is 21.8 Å². The van der Waals surface area contributed by atoms with E-state index in [0.717, 1.165) is 17.3 Å². The number of hydrogen-bond donors (Lipinski definition) is 2. The Hall–Kier alpha value is -2.26. The van der Waals surface area contributed by atoms with Gasteiger partial charge in [-0.1, -0.05) is 42.8 Å². The number of anilines is 1. The molecule has 0 aliphatic rings. The zero-order valence-electron chi connectivity index (χ0n) is 11.6. The monoisotopic (exact) mass is 298 g/mol. The Morgan fingerprint density at radius 2 is 2.00 bits per heavy atom. The quantitative estimate of drug-likeness (QED) is 0.562. The predicted molar refractivity (Wildman–Crippen MR) is 87.0 cm³/mol. The average molecular weight is 299 g/mol. The largest absolute Gasteiger partial charge is 0.398 e. The van der Waals surface area contributed by atoms with Crippen LogP contribution in [-0.2, 0) is 6.42 Å². The lowest BCUT2D eigenvalue weighted by Crippen LogP contribution is -2.05. The van der Waals surface area contributed by atoms with E-state index in [1.165, 1.54) is 5.56 Å². The minimum absolute atomic E-state index is 0.155. The number of ketones is 1. The molecule has 2 aromatic carbocycles. The van der Waals surface area contributed by atoms with Crippen molar-refractivity contribution < 1.29 is 4.79 Å². The van der Waals surface area contributed by atoms with Gasteiger partial charge in [0.15, 0.2) is 5.78 Å². The van der Waals surface area contributed by atoms with Gasteiger partial charge in [-0.3, -0.25) is 4.79 Å². The molecule has 0 saturated carbocycles. The number of para-hydroxylation sites is 1. The number of H-pyrrole nitrogens is 1. The smallest absolute Gasteiger partial charge is 0.198 e. The maximum atomic E-state index is 12.8. The van der Waals surface area contributed by atoms with E-state index in [9.17, 15) is 4.79 Å². The van der Waals surface area contributed by atoms with Crippen LogP contribution in [0, 0.1) is 0 Å². The van der Waals surface area contributed by atoms with Gasteiger partial charge in [0.1, 0.15) is 0 Å². The molecule has 0 saturated heterocycles. The first-order valence-electron chi connectivity index (χ1n) is 6.81. The Kier molecular flexibility index (Phi) is 3.43. The molecule has 0 atom stereocenters. The molecule has 4 heteroatoms. The number of nitrogen functional groups attached to an aromatic ring is 1. The highest BCUT2D eigenvalue weighted by molar-refractivity contribution is 6.36. The van der Waals surface area contributed by atoms with Crippen LogP contribution in [0.1, 0.15) is 28.4 Å². The second-order valence-electron chi connectivity index (χ2n) is 4.93. The number of benzene rings is 2. The van der Waals surface area contributed by atoms with Gasteiger partial charge >= 0.3 is 0 Å². The Bertz CT molecular complexity index is 816. The highest BCUT2D eigenvalue weighted by Gasteiger charge is 2.19. The fourth-order valence-electron chi connectivity index (χ4n) is 2.61. The summed E-state index contributed by atoms with van der Waals surface area (Å²) in [5.41, 5.74) is 9.44. The molecule has 0 amide bonds. The highest BCUT2D eigenvalue weighted by atomic mass is 35.5. The lowest BCUT2D eigenvalue weighted by atomic mass is 9.99. The van der Waals surface area contributed by atoms with Crippen LogP contribution in [0.5, 0.6) is 0 Å². The van der Waals surface area contributed by atoms with Crippen molar-refractivity contribution >= 4 is 34.0 Å². The van der Waals surface area contributed by atoms with E-state index in [1.807, 2.05) is 12.1 Å². The minimum Gasteiger partial charge on any atom is -0.398 e. The zero-order chi connectivity index (χ0) is 15.0. The fraction of sp³-hybridized carbons (Fsp3) is 0.118. The zero-order valence-corrected chi connectivity index (χ0v) is 12.4. The number of aromatic nitrogens is 1. The number of rotatable bonds is 3. The molecule has 3 N–H and O–H groups in total. The number of carbonyl (C=O) groups excluding carboxylic acids is 1. The fourth-order valence-corrected chi connectivity index (χ4v) is 2.88. The number of hydrogen-bond acceptors (Lipinski definition) is 2. The third-order valence-electron chi connectivity index (χ3n) is 3.70. The number of carbonyl (C=O) groups is 1. The summed E-state index contributed by atoms with van der Waals surface area (Å²) in [6.07, 6.45) is 2.63. The summed E-state index contributed by atoms with van der Waals surface area (Å²) >= 11 is 6.14. The van der Waals surface area contributed by atoms with Gasteiger partial charge in [-0.15, -0.1) is 0 Å². The van der Waals surface area contributed by atoms with Crippen LogP contribution in [-0.4, -0.2) is 10.8 Å². The molecule has 3 aromatic rings. The number of aromatic amines is 1. The molecule has 1 aromatic heterocycles. The van der Waals surface area contributed by atoms with Crippen molar-refractivity contribution in [3.63, 3.8) is 0 Å². The highest BCUT2D eigenvalue weighted by Crippen LogP contribution is 2.29. The molecule has 0 bridgehead atoms. The first-order valence-corrected chi connectivity index (χ1v) is 7.19. The van der Waals surface area contributed by atoms with E-state index in [-0.39, 0.29) is 5.78 Å². The van der Waals surface area contributed by atoms with Crippen molar-refractivity contribution in [3.05, 3.63) is 64.3 Å². The van der Waals surface area contributed by atoms with Gasteiger partial charge in [0, 0.05) is 28.4 Å². The summed E-state index contributed by atoms with van der Waals surface area (Å²) in [4.78, 5) is 16.0. The molecule has 106 valence electrons. The molecule has 0 radical (unpaired) electrons. The minimum atomic E-state index is -0.155. The van der Waals surface area contributed by atoms with Gasteiger partial charge in [-0.25, -0.2) is 0 Å². The normalized spacial score (nSPS) is 11.0. The van der Waals surface area contributed by atoms with Crippen LogP contribution in [0.25, 0.3) is 10.9 Å². The van der Waals surface area contributed by atoms with E-state index in [2.05, 4.69) is 18.0 Å². The summed E-state index contributed by atoms with van der Waals surface area (Å²) in [5.74, 6) is -0.155. The van der Waals surface area contributed by atoms with Crippen molar-refractivity contribution in [2.24, 2.45) is 0 Å². The Morgan fingerprint density at radius 3 is 2.71 bits per heavy atom. The standard InChI is InChI=1S/C17H15ClN2O/c1-2-10-5-3-6-11-12(9-20-16(10)11)17(21)15-13(18)7-4-8-14(15)19/h3-9,20H,2,19H2,1H3. The molecule has 0 spiro atoms. The van der Waals surface area contributed by atoms with Crippen molar-refractivity contribution in [3.8, 4) is 0 Å². The van der Waals surface area contributed by atoms with Crippen molar-refractivity contribution in [1.29, 1.82) is 0 Å². The Labute approximate surface area is 127 Å². The number of halogens is 1. The Morgan fingerprint density at radius 1 is 1.24 bits per heavy atom. The van der Waals surface area contributed by atoms with E-state index < -0.39 is 0 Å². The van der Waals surface area contributed by atoms with Gasteiger partial charge in [0.2, 0.25) is 0 Å². The summed E-state index contributed by atoms with van der Waals surface area (Å²) in [7, 11) is 0. The van der Waals surface area contributed by atoms with Gasteiger partial charge in [-0.05, 0) is 24.1 Å². The summed E-state index contributed by atoms with van der Waals surface area (Å²) in [5, 5.41) is 1.28. The average Bonchev–Trinajstić information content (AvgIpc) is 2.90. The van der Waals surface area contributed by atoms with E-state index in [4.69, 9.17) is 17.3 Å². The van der Waals surface area contributed by atoms with Crippen LogP contribution >= 0.6 is 11.6 Å². The predicted octanol–water partition coefficient (Wildman–Crippen LogP) is 4.20. The van der Waals surface area contributed by atoms with Crippen LogP contribution in [0.15, 0.2) is 42.6 Å². The number of fused-ring (bicyclic) bond motifs is 1. The lowest BCUT2D eigenvalue weighted by molar-refractivity contribution is 0.104. The molecule has 0 unspecified atom stereocenters. The van der Waals surface area contributed by atoms with Gasteiger partial charge < -0.3 is 10.7 Å². The second kappa shape index (κ2) is 5.26. The Balaban J connectivity index is 2.19.